The largest absolute Gasteiger partial charge is 0.444 e. The van der Waals surface area contributed by atoms with E-state index in [2.05, 4.69) is 47.5 Å². The zero-order valence-electron chi connectivity index (χ0n) is 21.7. The van der Waals surface area contributed by atoms with Gasteiger partial charge in [-0.05, 0) is 95.3 Å². The van der Waals surface area contributed by atoms with Crippen molar-refractivity contribution < 1.29 is 14.3 Å². The summed E-state index contributed by atoms with van der Waals surface area (Å²) in [6.07, 6.45) is 2.76. The molecule has 3 heterocycles. The van der Waals surface area contributed by atoms with Crippen LogP contribution in [0.3, 0.4) is 0 Å². The van der Waals surface area contributed by atoms with Crippen LogP contribution in [0.25, 0.3) is 10.4 Å². The van der Waals surface area contributed by atoms with Crippen LogP contribution >= 0.6 is 11.3 Å². The summed E-state index contributed by atoms with van der Waals surface area (Å²) in [5.74, 6) is 0.693. The van der Waals surface area contributed by atoms with Crippen LogP contribution in [0.2, 0.25) is 0 Å². The second-order valence-electron chi connectivity index (χ2n) is 10.8. The SMILES string of the molecule is CCN1CCC(c2ccc(-c3cc(C)c(C(=O)N4CC[C@H](NC(=O)OC(C)(C)C)C4)s3)cc2)CC1. The van der Waals surface area contributed by atoms with Gasteiger partial charge in [0.15, 0.2) is 0 Å². The number of amides is 2. The van der Waals surface area contributed by atoms with Crippen molar-refractivity contribution in [1.82, 2.24) is 15.1 Å². The standard InChI is InChI=1S/C28H39N3O3S/c1-6-30-14-11-21(12-15-30)20-7-9-22(10-8-20)24-17-19(2)25(35-24)26(32)31-16-13-23(18-31)29-27(33)34-28(3,4)5/h7-10,17,21,23H,6,11-16,18H2,1-5H3,(H,29,33)/t23-/m0/s1. The summed E-state index contributed by atoms with van der Waals surface area (Å²) in [7, 11) is 0. The molecule has 1 atom stereocenters. The minimum Gasteiger partial charge on any atom is -0.444 e. The lowest BCUT2D eigenvalue weighted by Crippen LogP contribution is -2.41. The van der Waals surface area contributed by atoms with E-state index in [4.69, 9.17) is 4.74 Å². The number of benzene rings is 1. The fourth-order valence-corrected chi connectivity index (χ4v) is 6.17. The molecule has 0 radical (unpaired) electrons. The number of alkyl carbamates (subject to hydrolysis) is 1. The van der Waals surface area contributed by atoms with E-state index in [1.807, 2.05) is 32.6 Å². The smallest absolute Gasteiger partial charge is 0.407 e. The number of ether oxygens (including phenoxy) is 1. The fraction of sp³-hybridized carbons (Fsp3) is 0.571. The van der Waals surface area contributed by atoms with E-state index in [0.717, 1.165) is 33.8 Å². The number of hydrogen-bond donors (Lipinski definition) is 1. The molecule has 1 aromatic carbocycles. The van der Waals surface area contributed by atoms with Crippen molar-refractivity contribution in [1.29, 1.82) is 0 Å². The molecule has 190 valence electrons. The van der Waals surface area contributed by atoms with Crippen molar-refractivity contribution in [3.05, 3.63) is 46.3 Å². The molecule has 2 saturated heterocycles. The third-order valence-electron chi connectivity index (χ3n) is 7.01. The third-order valence-corrected chi connectivity index (χ3v) is 8.28. The Kier molecular flexibility index (Phi) is 7.86. The summed E-state index contributed by atoms with van der Waals surface area (Å²) >= 11 is 1.57. The summed E-state index contributed by atoms with van der Waals surface area (Å²) in [6.45, 7) is 14.4. The molecule has 4 rings (SSSR count). The minimum absolute atomic E-state index is 0.0477. The van der Waals surface area contributed by atoms with Gasteiger partial charge in [0.25, 0.3) is 5.91 Å². The molecule has 2 aromatic rings. The lowest BCUT2D eigenvalue weighted by molar-refractivity contribution is 0.0502. The highest BCUT2D eigenvalue weighted by Crippen LogP contribution is 2.35. The van der Waals surface area contributed by atoms with E-state index in [0.29, 0.717) is 19.0 Å². The highest BCUT2D eigenvalue weighted by molar-refractivity contribution is 7.17. The molecule has 35 heavy (non-hydrogen) atoms. The predicted molar refractivity (Wildman–Crippen MR) is 142 cm³/mol. The van der Waals surface area contributed by atoms with E-state index < -0.39 is 11.7 Å². The molecule has 0 bridgehead atoms. The van der Waals surface area contributed by atoms with Gasteiger partial charge in [-0.1, -0.05) is 31.2 Å². The van der Waals surface area contributed by atoms with Gasteiger partial charge < -0.3 is 19.9 Å². The number of hydrogen-bond acceptors (Lipinski definition) is 5. The van der Waals surface area contributed by atoms with Crippen molar-refractivity contribution in [3.63, 3.8) is 0 Å². The normalized spacial score (nSPS) is 19.7. The Morgan fingerprint density at radius 1 is 1.09 bits per heavy atom. The van der Waals surface area contributed by atoms with Gasteiger partial charge in [-0.3, -0.25) is 4.79 Å². The molecule has 0 aliphatic carbocycles. The second kappa shape index (κ2) is 10.7. The molecule has 2 fully saturated rings. The number of aryl methyl sites for hydroxylation is 1. The Bertz CT molecular complexity index is 1030. The number of carbonyl (C=O) groups excluding carboxylic acids is 2. The van der Waals surface area contributed by atoms with Gasteiger partial charge in [-0.2, -0.15) is 0 Å². The highest BCUT2D eigenvalue weighted by atomic mass is 32.1. The van der Waals surface area contributed by atoms with Gasteiger partial charge >= 0.3 is 6.09 Å². The molecule has 0 saturated carbocycles. The van der Waals surface area contributed by atoms with Gasteiger partial charge in [-0.25, -0.2) is 4.79 Å². The number of piperidine rings is 1. The first-order valence-electron chi connectivity index (χ1n) is 12.8. The van der Waals surface area contributed by atoms with Gasteiger partial charge in [0, 0.05) is 18.0 Å². The number of rotatable bonds is 5. The maximum atomic E-state index is 13.3. The summed E-state index contributed by atoms with van der Waals surface area (Å²) in [5, 5.41) is 2.90. The third kappa shape index (κ3) is 6.44. The predicted octanol–water partition coefficient (Wildman–Crippen LogP) is 5.66. The molecule has 2 aliphatic heterocycles. The average molecular weight is 498 g/mol. The Morgan fingerprint density at radius 2 is 1.77 bits per heavy atom. The molecule has 7 heteroatoms. The van der Waals surface area contributed by atoms with Gasteiger partial charge in [0.05, 0.1) is 10.9 Å². The Labute approximate surface area is 213 Å². The second-order valence-corrected chi connectivity index (χ2v) is 11.9. The number of carbonyl (C=O) groups is 2. The van der Waals surface area contributed by atoms with E-state index >= 15 is 0 Å². The highest BCUT2D eigenvalue weighted by Gasteiger charge is 2.31. The first kappa shape index (κ1) is 25.7. The van der Waals surface area contributed by atoms with Crippen molar-refractivity contribution >= 4 is 23.3 Å². The molecule has 0 spiro atoms. The number of nitrogens with one attached hydrogen (secondary N) is 1. The van der Waals surface area contributed by atoms with Crippen LogP contribution in [0.5, 0.6) is 0 Å². The Hall–Kier alpha value is -2.38. The van der Waals surface area contributed by atoms with E-state index in [-0.39, 0.29) is 11.9 Å². The van der Waals surface area contributed by atoms with Crippen molar-refractivity contribution in [2.75, 3.05) is 32.7 Å². The quantitative estimate of drug-likeness (QED) is 0.579. The van der Waals surface area contributed by atoms with Gasteiger partial charge in [0.1, 0.15) is 5.60 Å². The maximum Gasteiger partial charge on any atom is 0.407 e. The molecule has 0 unspecified atom stereocenters. The first-order valence-corrected chi connectivity index (χ1v) is 13.7. The summed E-state index contributed by atoms with van der Waals surface area (Å²) < 4.78 is 5.35. The van der Waals surface area contributed by atoms with Crippen LogP contribution in [-0.2, 0) is 4.74 Å². The van der Waals surface area contributed by atoms with E-state index in [1.54, 1.807) is 11.3 Å². The zero-order chi connectivity index (χ0) is 25.2. The molecule has 2 aliphatic rings. The van der Waals surface area contributed by atoms with Crippen LogP contribution in [0.1, 0.15) is 73.7 Å². The molecular formula is C28H39N3O3S. The van der Waals surface area contributed by atoms with Crippen LogP contribution < -0.4 is 5.32 Å². The molecule has 6 nitrogen and oxygen atoms in total. The lowest BCUT2D eigenvalue weighted by Gasteiger charge is -2.31. The van der Waals surface area contributed by atoms with Crippen molar-refractivity contribution in [3.8, 4) is 10.4 Å². The zero-order valence-corrected chi connectivity index (χ0v) is 22.5. The van der Waals surface area contributed by atoms with Crippen LogP contribution in [0, 0.1) is 6.92 Å². The van der Waals surface area contributed by atoms with Crippen LogP contribution in [0.4, 0.5) is 4.79 Å². The summed E-state index contributed by atoms with van der Waals surface area (Å²) in [5.41, 5.74) is 3.06. The van der Waals surface area contributed by atoms with Crippen LogP contribution in [0.15, 0.2) is 30.3 Å². The number of thiophene rings is 1. The van der Waals surface area contributed by atoms with Gasteiger partial charge in [0.2, 0.25) is 0 Å². The summed E-state index contributed by atoms with van der Waals surface area (Å²) in [4.78, 5) is 31.6. The Morgan fingerprint density at radius 3 is 2.40 bits per heavy atom. The van der Waals surface area contributed by atoms with Crippen molar-refractivity contribution in [2.45, 2.75) is 71.4 Å². The number of likely N-dealkylation sites (tertiary alicyclic amines) is 2. The maximum absolute atomic E-state index is 13.3. The fourth-order valence-electron chi connectivity index (χ4n) is 5.02. The van der Waals surface area contributed by atoms with Crippen molar-refractivity contribution in [2.24, 2.45) is 0 Å². The lowest BCUT2D eigenvalue weighted by atomic mass is 9.89. The molecular weight excluding hydrogens is 458 g/mol. The summed E-state index contributed by atoms with van der Waals surface area (Å²) in [6, 6.07) is 11.0. The molecule has 2 amide bonds. The van der Waals surface area contributed by atoms with Gasteiger partial charge in [-0.15, -0.1) is 11.3 Å². The van der Waals surface area contributed by atoms with E-state index in [1.165, 1.54) is 31.5 Å². The van der Waals surface area contributed by atoms with Crippen LogP contribution in [-0.4, -0.2) is 66.2 Å². The van der Waals surface area contributed by atoms with E-state index in [9.17, 15) is 9.59 Å². The average Bonchev–Trinajstić information content (AvgIpc) is 3.44. The first-order chi connectivity index (χ1) is 16.6. The molecule has 1 aromatic heterocycles. The molecule has 1 N–H and O–H groups in total. The number of nitrogens with zero attached hydrogens (tertiary/aromatic N) is 2. The topological polar surface area (TPSA) is 61.9 Å². The monoisotopic (exact) mass is 497 g/mol. The minimum atomic E-state index is -0.534. The Balaban J connectivity index is 1.37.